The summed E-state index contributed by atoms with van der Waals surface area (Å²) in [7, 11) is 0. The van der Waals surface area contributed by atoms with Crippen LogP contribution in [0.25, 0.3) is 0 Å². The summed E-state index contributed by atoms with van der Waals surface area (Å²) < 4.78 is 0. The van der Waals surface area contributed by atoms with Gasteiger partial charge in [-0.15, -0.1) is 12.4 Å². The van der Waals surface area contributed by atoms with Gasteiger partial charge in [0.05, 0.1) is 5.92 Å². The Labute approximate surface area is 136 Å². The van der Waals surface area contributed by atoms with Crippen LogP contribution in [0.1, 0.15) is 0 Å². The van der Waals surface area contributed by atoms with E-state index in [4.69, 9.17) is 0 Å². The van der Waals surface area contributed by atoms with Crippen LogP contribution in [0.5, 0.6) is 0 Å². The Balaban J connectivity index is 0.00000176. The average molecular weight is 327 g/mol. The molecule has 1 aromatic rings. The Morgan fingerprint density at radius 2 is 1.91 bits per heavy atom. The van der Waals surface area contributed by atoms with Crippen LogP contribution in [0, 0.1) is 5.92 Å². The van der Waals surface area contributed by atoms with Gasteiger partial charge in [-0.25, -0.2) is 9.97 Å². The first-order chi connectivity index (χ1) is 10.3. The zero-order valence-corrected chi connectivity index (χ0v) is 13.4. The molecule has 0 spiro atoms. The monoisotopic (exact) mass is 326 g/mol. The third kappa shape index (κ3) is 4.28. The molecule has 2 fully saturated rings. The van der Waals surface area contributed by atoms with E-state index >= 15 is 0 Å². The van der Waals surface area contributed by atoms with Crippen molar-refractivity contribution in [3.05, 3.63) is 18.5 Å². The summed E-state index contributed by atoms with van der Waals surface area (Å²) in [6, 6.07) is 1.83. The lowest BCUT2D eigenvalue weighted by Crippen LogP contribution is -2.52. The molecule has 2 saturated heterocycles. The predicted octanol–water partition coefficient (Wildman–Crippen LogP) is -0.644. The van der Waals surface area contributed by atoms with Gasteiger partial charge in [-0.3, -0.25) is 9.69 Å². The maximum Gasteiger partial charge on any atom is 0.225 e. The van der Waals surface area contributed by atoms with Gasteiger partial charge in [0.25, 0.3) is 0 Å². The molecule has 2 aliphatic heterocycles. The summed E-state index contributed by atoms with van der Waals surface area (Å²) in [5.41, 5.74) is 0. The van der Waals surface area contributed by atoms with Crippen molar-refractivity contribution in [3.63, 3.8) is 0 Å². The molecule has 0 bridgehead atoms. The summed E-state index contributed by atoms with van der Waals surface area (Å²) >= 11 is 0. The highest BCUT2D eigenvalue weighted by Crippen LogP contribution is 2.09. The fraction of sp³-hybridized carbons (Fsp3) is 0.643. The summed E-state index contributed by atoms with van der Waals surface area (Å²) in [6.07, 6.45) is 3.55. The summed E-state index contributed by atoms with van der Waals surface area (Å²) in [5.74, 6) is 1.17. The molecule has 0 aromatic carbocycles. The van der Waals surface area contributed by atoms with Gasteiger partial charge in [-0.2, -0.15) is 0 Å². The third-order valence-corrected chi connectivity index (χ3v) is 4.09. The number of anilines is 1. The number of halogens is 1. The van der Waals surface area contributed by atoms with Gasteiger partial charge < -0.3 is 15.5 Å². The second kappa shape index (κ2) is 8.26. The van der Waals surface area contributed by atoms with Crippen molar-refractivity contribution in [1.29, 1.82) is 0 Å². The number of piperazine rings is 1. The molecule has 0 aliphatic carbocycles. The summed E-state index contributed by atoms with van der Waals surface area (Å²) in [5, 5.41) is 6.13. The third-order valence-electron chi connectivity index (χ3n) is 4.09. The van der Waals surface area contributed by atoms with Gasteiger partial charge in [0.15, 0.2) is 0 Å². The Hall–Kier alpha value is -1.44. The first-order valence-electron chi connectivity index (χ1n) is 7.55. The van der Waals surface area contributed by atoms with Crippen LogP contribution in [0.3, 0.4) is 0 Å². The van der Waals surface area contributed by atoms with E-state index in [9.17, 15) is 4.79 Å². The Bertz CT molecular complexity index is 462. The molecule has 0 unspecified atom stereocenters. The Morgan fingerprint density at radius 3 is 2.50 bits per heavy atom. The molecule has 2 N–H and O–H groups in total. The van der Waals surface area contributed by atoms with Crippen LogP contribution < -0.4 is 15.5 Å². The molecular formula is C14H23ClN6O. The van der Waals surface area contributed by atoms with E-state index in [0.29, 0.717) is 0 Å². The number of nitrogens with one attached hydrogen (secondary N) is 2. The molecule has 22 heavy (non-hydrogen) atoms. The molecule has 8 heteroatoms. The van der Waals surface area contributed by atoms with Crippen molar-refractivity contribution >= 4 is 24.3 Å². The normalized spacial score (nSPS) is 19.2. The lowest BCUT2D eigenvalue weighted by atomic mass is 10.0. The minimum absolute atomic E-state index is 0. The largest absolute Gasteiger partial charge is 0.354 e. The van der Waals surface area contributed by atoms with Crippen LogP contribution in [0.4, 0.5) is 5.95 Å². The molecule has 0 saturated carbocycles. The van der Waals surface area contributed by atoms with Gasteiger partial charge in [0.1, 0.15) is 0 Å². The maximum atomic E-state index is 11.7. The smallest absolute Gasteiger partial charge is 0.225 e. The minimum Gasteiger partial charge on any atom is -0.354 e. The SMILES string of the molecule is Cl.O=C(NCCN1CCN(c2ncccn2)CC1)C1CNC1. The van der Waals surface area contributed by atoms with Crippen molar-refractivity contribution in [2.45, 2.75) is 0 Å². The molecule has 122 valence electrons. The average Bonchev–Trinajstić information content (AvgIpc) is 2.47. The highest BCUT2D eigenvalue weighted by atomic mass is 35.5. The molecule has 3 rings (SSSR count). The molecule has 1 aromatic heterocycles. The lowest BCUT2D eigenvalue weighted by Gasteiger charge is -2.34. The van der Waals surface area contributed by atoms with Crippen LogP contribution in [0.2, 0.25) is 0 Å². The fourth-order valence-corrected chi connectivity index (χ4v) is 2.58. The second-order valence-corrected chi connectivity index (χ2v) is 5.52. The van der Waals surface area contributed by atoms with E-state index in [1.165, 1.54) is 0 Å². The van der Waals surface area contributed by atoms with Crippen molar-refractivity contribution in [2.24, 2.45) is 5.92 Å². The zero-order chi connectivity index (χ0) is 14.5. The topological polar surface area (TPSA) is 73.4 Å². The lowest BCUT2D eigenvalue weighted by molar-refractivity contribution is -0.126. The number of carbonyl (C=O) groups is 1. The molecular weight excluding hydrogens is 304 g/mol. The number of hydrogen-bond donors (Lipinski definition) is 2. The Morgan fingerprint density at radius 1 is 1.23 bits per heavy atom. The van der Waals surface area contributed by atoms with E-state index in [0.717, 1.165) is 58.3 Å². The van der Waals surface area contributed by atoms with Crippen molar-refractivity contribution in [2.75, 3.05) is 57.3 Å². The highest BCUT2D eigenvalue weighted by Gasteiger charge is 2.24. The van der Waals surface area contributed by atoms with Crippen molar-refractivity contribution < 1.29 is 4.79 Å². The van der Waals surface area contributed by atoms with Crippen molar-refractivity contribution in [3.8, 4) is 0 Å². The fourth-order valence-electron chi connectivity index (χ4n) is 2.58. The van der Waals surface area contributed by atoms with Gasteiger partial charge in [-0.1, -0.05) is 0 Å². The van der Waals surface area contributed by atoms with E-state index in [2.05, 4.69) is 30.4 Å². The standard InChI is InChI=1S/C14H22N6O.ClH/c21-13(12-10-15-11-12)16-4-5-19-6-8-20(9-7-19)14-17-2-1-3-18-14;/h1-3,12,15H,4-11H2,(H,16,21);1H. The number of aromatic nitrogens is 2. The number of hydrogen-bond acceptors (Lipinski definition) is 6. The maximum absolute atomic E-state index is 11.7. The van der Waals surface area contributed by atoms with Crippen molar-refractivity contribution in [1.82, 2.24) is 25.5 Å². The van der Waals surface area contributed by atoms with Gasteiger partial charge in [-0.05, 0) is 6.07 Å². The number of carbonyl (C=O) groups excluding carboxylic acids is 1. The quantitative estimate of drug-likeness (QED) is 0.749. The van der Waals surface area contributed by atoms with Crippen LogP contribution in [0.15, 0.2) is 18.5 Å². The summed E-state index contributed by atoms with van der Waals surface area (Å²) in [4.78, 5) is 24.8. The second-order valence-electron chi connectivity index (χ2n) is 5.52. The predicted molar refractivity (Wildman–Crippen MR) is 87.3 cm³/mol. The minimum atomic E-state index is 0. The molecule has 7 nitrogen and oxygen atoms in total. The van der Waals surface area contributed by atoms with E-state index in [-0.39, 0.29) is 24.2 Å². The molecule has 2 aliphatic rings. The molecule has 1 amide bonds. The first kappa shape index (κ1) is 16.9. The van der Waals surface area contributed by atoms with E-state index < -0.39 is 0 Å². The van der Waals surface area contributed by atoms with Gasteiger partial charge in [0.2, 0.25) is 11.9 Å². The summed E-state index contributed by atoms with van der Waals surface area (Å²) in [6.45, 7) is 7.13. The number of amides is 1. The van der Waals surface area contributed by atoms with E-state index in [1.54, 1.807) is 12.4 Å². The molecule has 0 atom stereocenters. The first-order valence-corrected chi connectivity index (χ1v) is 7.55. The molecule has 3 heterocycles. The van der Waals surface area contributed by atoms with Crippen LogP contribution in [-0.2, 0) is 4.79 Å². The number of nitrogens with zero attached hydrogens (tertiary/aromatic N) is 4. The van der Waals surface area contributed by atoms with Gasteiger partial charge in [0, 0.05) is 64.8 Å². The van der Waals surface area contributed by atoms with Crippen LogP contribution >= 0.6 is 12.4 Å². The molecule has 0 radical (unpaired) electrons. The highest BCUT2D eigenvalue weighted by molar-refractivity contribution is 5.85. The van der Waals surface area contributed by atoms with Gasteiger partial charge >= 0.3 is 0 Å². The van der Waals surface area contributed by atoms with Crippen LogP contribution in [-0.4, -0.2) is 73.1 Å². The van der Waals surface area contributed by atoms with E-state index in [1.807, 2.05) is 6.07 Å². The number of rotatable bonds is 5. The zero-order valence-electron chi connectivity index (χ0n) is 12.6. The Kier molecular flexibility index (Phi) is 6.35.